The van der Waals surface area contributed by atoms with Crippen molar-refractivity contribution < 1.29 is 9.57 Å². The zero-order chi connectivity index (χ0) is 15.6. The Morgan fingerprint density at radius 2 is 1.68 bits per heavy atom. The summed E-state index contributed by atoms with van der Waals surface area (Å²) < 4.78 is 5.24. The molecule has 2 rings (SSSR count). The number of rotatable bonds is 9. The van der Waals surface area contributed by atoms with E-state index in [0.717, 1.165) is 31.7 Å². The number of nitrogens with zero attached hydrogens (tertiary/aromatic N) is 1. The van der Waals surface area contributed by atoms with Crippen molar-refractivity contribution >= 4 is 0 Å². The smallest absolute Gasteiger partial charge is 0.119 e. The Kier molecular flexibility index (Phi) is 6.90. The van der Waals surface area contributed by atoms with Crippen molar-refractivity contribution in [2.24, 2.45) is 0 Å². The third-order valence-corrected chi connectivity index (χ3v) is 3.50. The van der Waals surface area contributed by atoms with Gasteiger partial charge < -0.3 is 4.74 Å². The summed E-state index contributed by atoms with van der Waals surface area (Å²) in [6, 6.07) is 18.5. The van der Waals surface area contributed by atoms with Crippen molar-refractivity contribution in [3.05, 3.63) is 65.7 Å². The van der Waals surface area contributed by atoms with Crippen LogP contribution >= 0.6 is 0 Å². The Bertz CT molecular complexity index is 546. The van der Waals surface area contributed by atoms with Crippen molar-refractivity contribution in [2.45, 2.75) is 12.8 Å². The predicted octanol–water partition coefficient (Wildman–Crippen LogP) is 2.85. The lowest BCUT2D eigenvalue weighted by Crippen LogP contribution is -2.39. The number of hydrogen-bond donors (Lipinski definition) is 1. The SMILES string of the molecule is COc1cccc(CCNN(CCc2ccccc2)OC)c1. The molecule has 0 atom stereocenters. The van der Waals surface area contributed by atoms with E-state index in [-0.39, 0.29) is 0 Å². The number of hydrogen-bond acceptors (Lipinski definition) is 4. The summed E-state index contributed by atoms with van der Waals surface area (Å²) in [6.45, 7) is 1.62. The van der Waals surface area contributed by atoms with Gasteiger partial charge in [-0.05, 0) is 36.1 Å². The molecule has 0 saturated carbocycles. The molecule has 0 bridgehead atoms. The van der Waals surface area contributed by atoms with Crippen LogP contribution in [0.4, 0.5) is 0 Å². The van der Waals surface area contributed by atoms with Crippen LogP contribution in [0.2, 0.25) is 0 Å². The van der Waals surface area contributed by atoms with Crippen molar-refractivity contribution in [3.8, 4) is 5.75 Å². The summed E-state index contributed by atoms with van der Waals surface area (Å²) in [7, 11) is 3.37. The molecule has 2 aromatic carbocycles. The van der Waals surface area contributed by atoms with E-state index in [4.69, 9.17) is 9.57 Å². The van der Waals surface area contributed by atoms with Crippen molar-refractivity contribution in [2.75, 3.05) is 27.3 Å². The van der Waals surface area contributed by atoms with Crippen molar-refractivity contribution in [1.29, 1.82) is 0 Å². The first kappa shape index (κ1) is 16.5. The van der Waals surface area contributed by atoms with Crippen LogP contribution in [0, 0.1) is 0 Å². The van der Waals surface area contributed by atoms with Gasteiger partial charge in [-0.1, -0.05) is 42.5 Å². The van der Waals surface area contributed by atoms with E-state index >= 15 is 0 Å². The first-order chi connectivity index (χ1) is 10.8. The largest absolute Gasteiger partial charge is 0.497 e. The standard InChI is InChI=1S/C18H24N2O2/c1-21-18-10-6-9-17(15-18)11-13-19-20(22-2)14-12-16-7-4-3-5-8-16/h3-10,15,19H,11-14H2,1-2H3. The molecule has 0 aliphatic carbocycles. The topological polar surface area (TPSA) is 33.7 Å². The summed E-state index contributed by atoms with van der Waals surface area (Å²) >= 11 is 0. The first-order valence-electron chi connectivity index (χ1n) is 7.54. The Morgan fingerprint density at radius 1 is 0.909 bits per heavy atom. The molecule has 4 heteroatoms. The lowest BCUT2D eigenvalue weighted by molar-refractivity contribution is -0.170. The van der Waals surface area contributed by atoms with E-state index in [1.54, 1.807) is 19.4 Å². The molecule has 0 saturated heterocycles. The molecule has 0 amide bonds. The summed E-state index contributed by atoms with van der Waals surface area (Å²) in [5.41, 5.74) is 5.84. The maximum Gasteiger partial charge on any atom is 0.119 e. The summed E-state index contributed by atoms with van der Waals surface area (Å²) in [4.78, 5) is 5.35. The lowest BCUT2D eigenvalue weighted by atomic mass is 10.1. The minimum atomic E-state index is 0.804. The second kappa shape index (κ2) is 9.20. The summed E-state index contributed by atoms with van der Waals surface area (Å²) in [5, 5.41) is 1.78. The Hall–Kier alpha value is -1.88. The van der Waals surface area contributed by atoms with Crippen LogP contribution in [0.5, 0.6) is 5.75 Å². The molecule has 1 N–H and O–H groups in total. The van der Waals surface area contributed by atoms with E-state index < -0.39 is 0 Å². The molecular weight excluding hydrogens is 276 g/mol. The third kappa shape index (κ3) is 5.48. The van der Waals surface area contributed by atoms with Crippen molar-refractivity contribution in [1.82, 2.24) is 10.6 Å². The molecule has 22 heavy (non-hydrogen) atoms. The van der Waals surface area contributed by atoms with Crippen LogP contribution in [0.1, 0.15) is 11.1 Å². The van der Waals surface area contributed by atoms with Crippen LogP contribution < -0.4 is 10.2 Å². The molecule has 0 unspecified atom stereocenters. The quantitative estimate of drug-likeness (QED) is 0.722. The highest BCUT2D eigenvalue weighted by molar-refractivity contribution is 5.28. The van der Waals surface area contributed by atoms with Gasteiger partial charge in [0.2, 0.25) is 0 Å². The molecule has 0 fully saturated rings. The van der Waals surface area contributed by atoms with E-state index in [1.807, 2.05) is 18.2 Å². The summed E-state index contributed by atoms with van der Waals surface area (Å²) in [5.74, 6) is 0.894. The minimum absolute atomic E-state index is 0.804. The number of nitrogens with one attached hydrogen (secondary N) is 1. The van der Waals surface area contributed by atoms with Crippen LogP contribution in [-0.4, -0.2) is 32.5 Å². The zero-order valence-corrected chi connectivity index (χ0v) is 13.3. The molecule has 4 nitrogen and oxygen atoms in total. The van der Waals surface area contributed by atoms with Gasteiger partial charge >= 0.3 is 0 Å². The molecule has 0 heterocycles. The number of hydrazine groups is 1. The van der Waals surface area contributed by atoms with E-state index in [0.29, 0.717) is 0 Å². The highest BCUT2D eigenvalue weighted by atomic mass is 16.7. The fourth-order valence-electron chi connectivity index (χ4n) is 2.26. The molecular formula is C18H24N2O2. The average Bonchev–Trinajstić information content (AvgIpc) is 2.59. The van der Waals surface area contributed by atoms with Crippen LogP contribution in [0.3, 0.4) is 0 Å². The average molecular weight is 300 g/mol. The first-order valence-corrected chi connectivity index (χ1v) is 7.54. The molecule has 0 aliphatic heterocycles. The van der Waals surface area contributed by atoms with Gasteiger partial charge in [-0.3, -0.25) is 4.84 Å². The number of methoxy groups -OCH3 is 1. The van der Waals surface area contributed by atoms with Gasteiger partial charge in [0.15, 0.2) is 0 Å². The van der Waals surface area contributed by atoms with Gasteiger partial charge in [0, 0.05) is 13.1 Å². The van der Waals surface area contributed by atoms with Gasteiger partial charge in [0.25, 0.3) is 0 Å². The van der Waals surface area contributed by atoms with E-state index in [2.05, 4.69) is 41.8 Å². The second-order valence-corrected chi connectivity index (χ2v) is 5.03. The molecule has 0 aliphatic rings. The van der Waals surface area contributed by atoms with E-state index in [1.165, 1.54) is 11.1 Å². The second-order valence-electron chi connectivity index (χ2n) is 5.03. The Labute approximate surface area is 132 Å². The fraction of sp³-hybridized carbons (Fsp3) is 0.333. The summed E-state index contributed by atoms with van der Waals surface area (Å²) in [6.07, 6.45) is 1.86. The molecule has 2 aromatic rings. The highest BCUT2D eigenvalue weighted by Crippen LogP contribution is 2.12. The van der Waals surface area contributed by atoms with Gasteiger partial charge in [-0.2, -0.15) is 0 Å². The van der Waals surface area contributed by atoms with Gasteiger partial charge in [0.1, 0.15) is 5.75 Å². The number of ether oxygens (including phenoxy) is 1. The Balaban J connectivity index is 1.73. The minimum Gasteiger partial charge on any atom is -0.497 e. The highest BCUT2D eigenvalue weighted by Gasteiger charge is 2.04. The Morgan fingerprint density at radius 3 is 2.41 bits per heavy atom. The van der Waals surface area contributed by atoms with Gasteiger partial charge in [-0.15, -0.1) is 5.17 Å². The third-order valence-electron chi connectivity index (χ3n) is 3.50. The maximum absolute atomic E-state index is 5.35. The van der Waals surface area contributed by atoms with Crippen LogP contribution in [-0.2, 0) is 17.7 Å². The van der Waals surface area contributed by atoms with Crippen LogP contribution in [0.15, 0.2) is 54.6 Å². The zero-order valence-electron chi connectivity index (χ0n) is 13.3. The van der Waals surface area contributed by atoms with E-state index in [9.17, 15) is 0 Å². The fourth-order valence-corrected chi connectivity index (χ4v) is 2.26. The lowest BCUT2D eigenvalue weighted by Gasteiger charge is -2.20. The number of benzene rings is 2. The van der Waals surface area contributed by atoms with Crippen LogP contribution in [0.25, 0.3) is 0 Å². The maximum atomic E-state index is 5.35. The normalized spacial score (nSPS) is 10.9. The number of hydroxylamine groups is 1. The molecule has 0 spiro atoms. The molecule has 0 radical (unpaired) electrons. The molecule has 118 valence electrons. The molecule has 0 aromatic heterocycles. The predicted molar refractivity (Wildman–Crippen MR) is 88.6 cm³/mol. The van der Waals surface area contributed by atoms with Crippen molar-refractivity contribution in [3.63, 3.8) is 0 Å². The van der Waals surface area contributed by atoms with Gasteiger partial charge in [-0.25, -0.2) is 5.43 Å². The monoisotopic (exact) mass is 300 g/mol. The van der Waals surface area contributed by atoms with Gasteiger partial charge in [0.05, 0.1) is 14.2 Å².